The van der Waals surface area contributed by atoms with Gasteiger partial charge in [0.05, 0.1) is 0 Å². The maximum Gasteiger partial charge on any atom is 0.460 e. The second-order valence-corrected chi connectivity index (χ2v) is 2.59. The highest BCUT2D eigenvalue weighted by molar-refractivity contribution is 4.97. The monoisotopic (exact) mass is 281 g/mol. The first-order valence-electron chi connectivity index (χ1n) is 3.76. The Balaban J connectivity index is 0. The first kappa shape index (κ1) is 18.6. The Kier molecular flexibility index (Phi) is 5.81. The molecule has 0 aliphatic heterocycles. The average Bonchev–Trinajstić information content (AvgIpc) is 2.00. The second kappa shape index (κ2) is 5.29. The molecule has 17 heavy (non-hydrogen) atoms. The number of hydrogen-bond donors (Lipinski definition) is 2. The highest BCUT2D eigenvalue weighted by Gasteiger charge is 2.81. The smallest absolute Gasteiger partial charge is 0.397 e. The lowest BCUT2D eigenvalue weighted by atomic mass is 10.1. The molecule has 0 unspecified atom stereocenters. The summed E-state index contributed by atoms with van der Waals surface area (Å²) in [6.45, 7) is 1.93. The van der Waals surface area contributed by atoms with E-state index < -0.39 is 24.1 Å². The van der Waals surface area contributed by atoms with Gasteiger partial charge in [-0.1, -0.05) is 0 Å². The summed E-state index contributed by atoms with van der Waals surface area (Å²) >= 11 is 0. The van der Waals surface area contributed by atoms with Crippen LogP contribution in [0.3, 0.4) is 0 Å². The standard InChI is InChI=1S/C4H2F9N.C2H6O/c5-1(6,3(9,10)11)2(7,8)4(12,13)14;1-2-3/h14H2;3H,2H2,1H3. The van der Waals surface area contributed by atoms with Crippen LogP contribution in [0.2, 0.25) is 0 Å². The molecule has 0 saturated heterocycles. The van der Waals surface area contributed by atoms with Crippen LogP contribution in [0.15, 0.2) is 0 Å². The molecule has 11 heteroatoms. The maximum absolute atomic E-state index is 11.9. The van der Waals surface area contributed by atoms with Crippen LogP contribution in [-0.4, -0.2) is 35.8 Å². The summed E-state index contributed by atoms with van der Waals surface area (Å²) in [6, 6.07) is -5.97. The lowest BCUT2D eigenvalue weighted by molar-refractivity contribution is -0.395. The van der Waals surface area contributed by atoms with Crippen molar-refractivity contribution in [1.82, 2.24) is 0 Å². The summed E-state index contributed by atoms with van der Waals surface area (Å²) in [6.07, 6.45) is -6.81. The molecule has 0 rings (SSSR count). The van der Waals surface area contributed by atoms with Crippen molar-refractivity contribution >= 4 is 0 Å². The SMILES string of the molecule is CCO.NC(F)(F)C(F)(F)C(F)(F)C(F)(F)F. The fraction of sp³-hybridized carbons (Fsp3) is 1.00. The van der Waals surface area contributed by atoms with E-state index >= 15 is 0 Å². The minimum Gasteiger partial charge on any atom is -0.397 e. The van der Waals surface area contributed by atoms with E-state index in [4.69, 9.17) is 5.11 Å². The minimum atomic E-state index is -6.89. The fourth-order valence-corrected chi connectivity index (χ4v) is 0.387. The van der Waals surface area contributed by atoms with Gasteiger partial charge in [-0.3, -0.25) is 5.73 Å². The third-order valence-corrected chi connectivity index (χ3v) is 1.17. The first-order valence-corrected chi connectivity index (χ1v) is 3.76. The lowest BCUT2D eigenvalue weighted by Crippen LogP contribution is -2.64. The van der Waals surface area contributed by atoms with Crippen molar-refractivity contribution in [2.45, 2.75) is 31.0 Å². The number of nitrogens with two attached hydrogens (primary N) is 1. The normalized spacial score (nSPS) is 14.1. The molecule has 3 N–H and O–H groups in total. The molecule has 0 heterocycles. The summed E-state index contributed by atoms with van der Waals surface area (Å²) < 4.78 is 104. The molecular formula is C6H8F9NO. The Morgan fingerprint density at radius 1 is 0.824 bits per heavy atom. The maximum atomic E-state index is 11.9. The summed E-state index contributed by atoms with van der Waals surface area (Å²) in [5.41, 5.74) is 3.23. The van der Waals surface area contributed by atoms with Gasteiger partial charge in [-0.15, -0.1) is 0 Å². The van der Waals surface area contributed by atoms with Crippen molar-refractivity contribution in [2.24, 2.45) is 5.73 Å². The Morgan fingerprint density at radius 3 is 1.12 bits per heavy atom. The Hall–Kier alpha value is -0.710. The van der Waals surface area contributed by atoms with Crippen molar-refractivity contribution in [3.8, 4) is 0 Å². The number of hydrogen-bond acceptors (Lipinski definition) is 2. The summed E-state index contributed by atoms with van der Waals surface area (Å²) in [4.78, 5) is 0. The minimum absolute atomic E-state index is 0.250. The van der Waals surface area contributed by atoms with E-state index in [0.717, 1.165) is 0 Å². The predicted molar refractivity (Wildman–Crippen MR) is 37.8 cm³/mol. The van der Waals surface area contributed by atoms with Crippen LogP contribution in [0.25, 0.3) is 0 Å². The molecule has 0 aliphatic carbocycles. The van der Waals surface area contributed by atoms with Gasteiger partial charge in [0.25, 0.3) is 0 Å². The molecule has 106 valence electrons. The van der Waals surface area contributed by atoms with Gasteiger partial charge in [0, 0.05) is 6.61 Å². The van der Waals surface area contributed by atoms with Gasteiger partial charge in [-0.25, -0.2) is 0 Å². The molecule has 0 aromatic heterocycles. The van der Waals surface area contributed by atoms with Crippen LogP contribution in [0.1, 0.15) is 6.92 Å². The molecule has 2 nitrogen and oxygen atoms in total. The highest BCUT2D eigenvalue weighted by Crippen LogP contribution is 2.51. The molecule has 0 aliphatic rings. The topological polar surface area (TPSA) is 46.2 Å². The van der Waals surface area contributed by atoms with Gasteiger partial charge in [0.15, 0.2) is 0 Å². The predicted octanol–water partition coefficient (Wildman–Crippen LogP) is 2.37. The van der Waals surface area contributed by atoms with E-state index in [1.54, 1.807) is 6.92 Å². The molecular weight excluding hydrogens is 273 g/mol. The van der Waals surface area contributed by atoms with Crippen molar-refractivity contribution in [3.05, 3.63) is 0 Å². The van der Waals surface area contributed by atoms with Gasteiger partial charge in [-0.2, -0.15) is 39.5 Å². The van der Waals surface area contributed by atoms with Crippen molar-refractivity contribution in [3.63, 3.8) is 0 Å². The zero-order valence-electron chi connectivity index (χ0n) is 8.13. The zero-order chi connectivity index (χ0) is 14.7. The van der Waals surface area contributed by atoms with Crippen LogP contribution in [-0.2, 0) is 0 Å². The number of aliphatic hydroxyl groups excluding tert-OH is 1. The third-order valence-electron chi connectivity index (χ3n) is 1.17. The average molecular weight is 281 g/mol. The molecule has 0 aromatic carbocycles. The lowest BCUT2D eigenvalue weighted by Gasteiger charge is -2.31. The van der Waals surface area contributed by atoms with Crippen LogP contribution in [0.4, 0.5) is 39.5 Å². The van der Waals surface area contributed by atoms with E-state index in [0.29, 0.717) is 0 Å². The number of halogens is 9. The number of aliphatic hydroxyl groups is 1. The molecule has 0 radical (unpaired) electrons. The molecule has 0 fully saturated rings. The van der Waals surface area contributed by atoms with Gasteiger partial charge >= 0.3 is 24.1 Å². The van der Waals surface area contributed by atoms with Gasteiger partial charge in [0.2, 0.25) is 0 Å². The molecule has 0 aromatic rings. The molecule has 0 amide bonds. The van der Waals surface area contributed by atoms with Gasteiger partial charge in [-0.05, 0) is 6.92 Å². The Labute approximate surface area is 89.2 Å². The van der Waals surface area contributed by atoms with Crippen molar-refractivity contribution in [1.29, 1.82) is 0 Å². The highest BCUT2D eigenvalue weighted by atomic mass is 19.4. The number of rotatable bonds is 2. The zero-order valence-corrected chi connectivity index (χ0v) is 8.13. The van der Waals surface area contributed by atoms with E-state index in [9.17, 15) is 39.5 Å². The molecule has 0 atom stereocenters. The van der Waals surface area contributed by atoms with E-state index in [2.05, 4.69) is 5.73 Å². The summed E-state index contributed by atoms with van der Waals surface area (Å²) in [7, 11) is 0. The van der Waals surface area contributed by atoms with Gasteiger partial charge < -0.3 is 5.11 Å². The molecule has 0 spiro atoms. The summed E-state index contributed by atoms with van der Waals surface area (Å²) in [5.74, 6) is -13.6. The fourth-order valence-electron chi connectivity index (χ4n) is 0.387. The summed E-state index contributed by atoms with van der Waals surface area (Å²) in [5, 5.41) is 7.57. The van der Waals surface area contributed by atoms with E-state index in [1.807, 2.05) is 0 Å². The Morgan fingerprint density at radius 2 is 1.06 bits per heavy atom. The quantitative estimate of drug-likeness (QED) is 0.603. The van der Waals surface area contributed by atoms with E-state index in [1.165, 1.54) is 0 Å². The first-order chi connectivity index (χ1) is 7.16. The van der Waals surface area contributed by atoms with Crippen LogP contribution >= 0.6 is 0 Å². The van der Waals surface area contributed by atoms with Gasteiger partial charge in [0.1, 0.15) is 0 Å². The third kappa shape index (κ3) is 3.91. The van der Waals surface area contributed by atoms with Crippen LogP contribution in [0, 0.1) is 0 Å². The number of alkyl halides is 9. The Bertz CT molecular complexity index is 207. The van der Waals surface area contributed by atoms with Crippen LogP contribution < -0.4 is 5.73 Å². The second-order valence-electron chi connectivity index (χ2n) is 2.59. The molecule has 0 saturated carbocycles. The van der Waals surface area contributed by atoms with Crippen molar-refractivity contribution in [2.75, 3.05) is 6.61 Å². The largest absolute Gasteiger partial charge is 0.460 e. The molecule has 0 bridgehead atoms. The van der Waals surface area contributed by atoms with Crippen LogP contribution in [0.5, 0.6) is 0 Å². The van der Waals surface area contributed by atoms with E-state index in [-0.39, 0.29) is 6.61 Å². The van der Waals surface area contributed by atoms with Crippen molar-refractivity contribution < 1.29 is 44.6 Å².